The van der Waals surface area contributed by atoms with Crippen LogP contribution in [0.5, 0.6) is 0 Å². The van der Waals surface area contributed by atoms with E-state index in [9.17, 15) is 4.39 Å². The first-order valence-corrected chi connectivity index (χ1v) is 4.83. The molecule has 14 heavy (non-hydrogen) atoms. The Balaban J connectivity index is 3.17. The monoisotopic (exact) mass is 233 g/mol. The maximum Gasteiger partial charge on any atom is 0.148 e. The van der Waals surface area contributed by atoms with Crippen molar-refractivity contribution >= 4 is 23.2 Å². The van der Waals surface area contributed by atoms with E-state index in [1.165, 1.54) is 12.1 Å². The van der Waals surface area contributed by atoms with E-state index >= 15 is 0 Å². The van der Waals surface area contributed by atoms with Crippen molar-refractivity contribution in [2.75, 3.05) is 0 Å². The van der Waals surface area contributed by atoms with E-state index in [-0.39, 0.29) is 10.6 Å². The fraction of sp³-hybridized carbons (Fsp3) is 0.200. The van der Waals surface area contributed by atoms with E-state index in [0.717, 1.165) is 0 Å². The molecule has 4 heteroatoms. The minimum Gasteiger partial charge on any atom is -0.324 e. The molecule has 1 rings (SSSR count). The van der Waals surface area contributed by atoms with Crippen molar-refractivity contribution in [3.63, 3.8) is 0 Å². The van der Waals surface area contributed by atoms with Crippen LogP contribution in [0.2, 0.25) is 10.0 Å². The highest BCUT2D eigenvalue weighted by molar-refractivity contribution is 6.33. The highest BCUT2D eigenvalue weighted by Gasteiger charge is 2.16. The molecule has 0 unspecified atom stereocenters. The van der Waals surface area contributed by atoms with Gasteiger partial charge in [0.2, 0.25) is 0 Å². The van der Waals surface area contributed by atoms with E-state index in [1.54, 1.807) is 6.08 Å². The van der Waals surface area contributed by atoms with E-state index in [2.05, 4.69) is 6.58 Å². The second-order valence-corrected chi connectivity index (χ2v) is 3.70. The van der Waals surface area contributed by atoms with Gasteiger partial charge in [0.15, 0.2) is 0 Å². The number of benzene rings is 1. The molecule has 0 aliphatic rings. The van der Waals surface area contributed by atoms with Crippen LogP contribution in [0.15, 0.2) is 24.8 Å². The third-order valence-electron chi connectivity index (χ3n) is 1.87. The van der Waals surface area contributed by atoms with E-state index in [4.69, 9.17) is 28.9 Å². The molecule has 1 aromatic rings. The lowest BCUT2D eigenvalue weighted by Crippen LogP contribution is -2.12. The van der Waals surface area contributed by atoms with Crippen LogP contribution in [-0.2, 0) is 0 Å². The predicted molar refractivity (Wildman–Crippen MR) is 58.2 cm³/mol. The summed E-state index contributed by atoms with van der Waals surface area (Å²) in [6.45, 7) is 3.53. The topological polar surface area (TPSA) is 26.0 Å². The molecule has 0 aromatic heterocycles. The van der Waals surface area contributed by atoms with Crippen LogP contribution in [0.3, 0.4) is 0 Å². The number of rotatable bonds is 3. The number of hydrogen-bond donors (Lipinski definition) is 1. The first-order chi connectivity index (χ1) is 6.57. The van der Waals surface area contributed by atoms with Crippen LogP contribution in [0, 0.1) is 5.82 Å². The summed E-state index contributed by atoms with van der Waals surface area (Å²) in [7, 11) is 0. The molecule has 0 aliphatic heterocycles. The molecule has 0 aliphatic carbocycles. The zero-order chi connectivity index (χ0) is 10.7. The molecule has 0 amide bonds. The minimum atomic E-state index is -0.548. The number of nitrogens with two attached hydrogens (primary N) is 1. The van der Waals surface area contributed by atoms with E-state index in [0.29, 0.717) is 11.4 Å². The van der Waals surface area contributed by atoms with Gasteiger partial charge in [-0.05, 0) is 18.6 Å². The minimum absolute atomic E-state index is 0.0314. The summed E-state index contributed by atoms with van der Waals surface area (Å²) in [4.78, 5) is 0. The SMILES string of the molecule is C=CC[C@@H](N)c1c(Cl)ccc(Cl)c1F. The standard InChI is InChI=1S/C10H10Cl2FN/c1-2-3-8(14)9-6(11)4-5-7(12)10(9)13/h2,4-5,8H,1,3,14H2/t8-/m1/s1. The van der Waals surface area contributed by atoms with Gasteiger partial charge in [0, 0.05) is 16.6 Å². The summed E-state index contributed by atoms with van der Waals surface area (Å²) < 4.78 is 13.5. The van der Waals surface area contributed by atoms with Gasteiger partial charge >= 0.3 is 0 Å². The molecule has 0 spiro atoms. The molecule has 2 N–H and O–H groups in total. The molecule has 1 atom stereocenters. The molecule has 76 valence electrons. The molecule has 0 radical (unpaired) electrons. The highest BCUT2D eigenvalue weighted by Crippen LogP contribution is 2.30. The van der Waals surface area contributed by atoms with Crippen molar-refractivity contribution < 1.29 is 4.39 Å². The van der Waals surface area contributed by atoms with E-state index < -0.39 is 11.9 Å². The van der Waals surface area contributed by atoms with Gasteiger partial charge in [-0.15, -0.1) is 6.58 Å². The van der Waals surface area contributed by atoms with Crippen LogP contribution >= 0.6 is 23.2 Å². The molecular formula is C10H10Cl2FN. The summed E-state index contributed by atoms with van der Waals surface area (Å²) in [5.41, 5.74) is 5.97. The largest absolute Gasteiger partial charge is 0.324 e. The van der Waals surface area contributed by atoms with Gasteiger partial charge in [0.1, 0.15) is 5.82 Å². The molecule has 0 saturated heterocycles. The molecule has 0 bridgehead atoms. The lowest BCUT2D eigenvalue weighted by molar-refractivity contribution is 0.584. The Bertz CT molecular complexity index is 352. The maximum atomic E-state index is 13.5. The smallest absolute Gasteiger partial charge is 0.148 e. The Morgan fingerprint density at radius 3 is 2.57 bits per heavy atom. The van der Waals surface area contributed by atoms with Crippen molar-refractivity contribution in [1.82, 2.24) is 0 Å². The highest BCUT2D eigenvalue weighted by atomic mass is 35.5. The Labute approximate surface area is 92.3 Å². The lowest BCUT2D eigenvalue weighted by Gasteiger charge is -2.13. The van der Waals surface area contributed by atoms with E-state index in [1.807, 2.05) is 0 Å². The summed E-state index contributed by atoms with van der Waals surface area (Å²) in [6.07, 6.45) is 2.07. The summed E-state index contributed by atoms with van der Waals surface area (Å²) >= 11 is 11.4. The van der Waals surface area contributed by atoms with Gasteiger partial charge < -0.3 is 5.73 Å². The molecule has 0 heterocycles. The third kappa shape index (κ3) is 2.27. The summed E-state index contributed by atoms with van der Waals surface area (Å²) in [6, 6.07) is 2.44. The first kappa shape index (κ1) is 11.5. The van der Waals surface area contributed by atoms with Crippen molar-refractivity contribution in [3.05, 3.63) is 46.2 Å². The zero-order valence-electron chi connectivity index (χ0n) is 7.43. The Hall–Kier alpha value is -0.570. The summed E-state index contributed by atoms with van der Waals surface area (Å²) in [5, 5.41) is 0.324. The Kier molecular flexibility index (Phi) is 3.93. The lowest BCUT2D eigenvalue weighted by atomic mass is 10.0. The average molecular weight is 234 g/mol. The van der Waals surface area contributed by atoms with Gasteiger partial charge in [0.25, 0.3) is 0 Å². The molecule has 0 fully saturated rings. The van der Waals surface area contributed by atoms with Gasteiger partial charge in [-0.3, -0.25) is 0 Å². The average Bonchev–Trinajstić information content (AvgIpc) is 2.13. The van der Waals surface area contributed by atoms with Gasteiger partial charge in [0.05, 0.1) is 5.02 Å². The Morgan fingerprint density at radius 1 is 1.43 bits per heavy atom. The van der Waals surface area contributed by atoms with Crippen molar-refractivity contribution in [2.45, 2.75) is 12.5 Å². The van der Waals surface area contributed by atoms with Gasteiger partial charge in [-0.1, -0.05) is 29.3 Å². The number of hydrogen-bond acceptors (Lipinski definition) is 1. The molecule has 1 aromatic carbocycles. The van der Waals surface area contributed by atoms with Gasteiger partial charge in [-0.2, -0.15) is 0 Å². The van der Waals surface area contributed by atoms with Crippen LogP contribution < -0.4 is 5.73 Å². The predicted octanol–water partition coefficient (Wildman–Crippen LogP) is 3.71. The summed E-state index contributed by atoms with van der Waals surface area (Å²) in [5.74, 6) is -0.548. The first-order valence-electron chi connectivity index (χ1n) is 4.07. The van der Waals surface area contributed by atoms with Crippen molar-refractivity contribution in [2.24, 2.45) is 5.73 Å². The molecular weight excluding hydrogens is 224 g/mol. The fourth-order valence-corrected chi connectivity index (χ4v) is 1.63. The Morgan fingerprint density at radius 2 is 2.00 bits per heavy atom. The number of halogens is 3. The van der Waals surface area contributed by atoms with Crippen LogP contribution in [0.1, 0.15) is 18.0 Å². The third-order valence-corrected chi connectivity index (χ3v) is 2.49. The van der Waals surface area contributed by atoms with Gasteiger partial charge in [-0.25, -0.2) is 4.39 Å². The van der Waals surface area contributed by atoms with Crippen LogP contribution in [0.25, 0.3) is 0 Å². The zero-order valence-corrected chi connectivity index (χ0v) is 8.95. The van der Waals surface area contributed by atoms with Crippen LogP contribution in [0.4, 0.5) is 4.39 Å². The second-order valence-electron chi connectivity index (χ2n) is 2.89. The fourth-order valence-electron chi connectivity index (χ4n) is 1.18. The quantitative estimate of drug-likeness (QED) is 0.626. The normalized spacial score (nSPS) is 12.6. The molecule has 0 saturated carbocycles. The second kappa shape index (κ2) is 4.78. The molecule has 1 nitrogen and oxygen atoms in total. The van der Waals surface area contributed by atoms with Crippen molar-refractivity contribution in [3.8, 4) is 0 Å². The van der Waals surface area contributed by atoms with Crippen LogP contribution in [-0.4, -0.2) is 0 Å². The maximum absolute atomic E-state index is 13.5. The van der Waals surface area contributed by atoms with Crippen molar-refractivity contribution in [1.29, 1.82) is 0 Å².